The van der Waals surface area contributed by atoms with Crippen LogP contribution in [0.4, 0.5) is 17.6 Å². The lowest BCUT2D eigenvalue weighted by Crippen LogP contribution is -2.52. The van der Waals surface area contributed by atoms with Crippen molar-refractivity contribution >= 4 is 5.91 Å². The number of likely N-dealkylation sites (tertiary alicyclic amines) is 1. The smallest absolute Gasteiger partial charge is 0.285 e. The van der Waals surface area contributed by atoms with Crippen LogP contribution in [0.2, 0.25) is 0 Å². The Morgan fingerprint density at radius 3 is 2.31 bits per heavy atom. The van der Waals surface area contributed by atoms with Crippen molar-refractivity contribution in [3.63, 3.8) is 0 Å². The minimum Gasteiger partial charge on any atom is -0.342 e. The first-order chi connectivity index (χ1) is 15.3. The van der Waals surface area contributed by atoms with Crippen molar-refractivity contribution in [2.45, 2.75) is 49.5 Å². The number of carbonyl (C=O) groups excluding carboxylic acids is 1. The molecule has 0 radical (unpaired) electrons. The minimum absolute atomic E-state index is 0.0284. The zero-order valence-corrected chi connectivity index (χ0v) is 17.4. The van der Waals surface area contributed by atoms with Crippen LogP contribution in [0.15, 0.2) is 48.5 Å². The summed E-state index contributed by atoms with van der Waals surface area (Å²) in [6.07, 6.45) is 1.31. The highest BCUT2D eigenvalue weighted by Gasteiger charge is 2.58. The third-order valence-electron chi connectivity index (χ3n) is 6.87. The molecular formula is C24H24F4N2O2. The highest BCUT2D eigenvalue weighted by atomic mass is 19.3. The molecule has 3 aliphatic rings. The number of nitrogens with zero attached hydrogens (tertiary/aromatic N) is 2. The molecule has 2 unspecified atom stereocenters. The van der Waals surface area contributed by atoms with E-state index in [0.717, 1.165) is 6.07 Å². The molecule has 4 nitrogen and oxygen atoms in total. The Morgan fingerprint density at radius 1 is 1.00 bits per heavy atom. The van der Waals surface area contributed by atoms with Gasteiger partial charge in [0.05, 0.1) is 12.6 Å². The molecule has 1 amide bonds. The Hall–Kier alpha value is -2.45. The first kappa shape index (κ1) is 21.4. The first-order valence-electron chi connectivity index (χ1n) is 10.9. The molecular weight excluding hydrogens is 424 g/mol. The van der Waals surface area contributed by atoms with Gasteiger partial charge in [0.25, 0.3) is 11.8 Å². The number of ether oxygens (including phenoxy) is 1. The van der Waals surface area contributed by atoms with E-state index >= 15 is 0 Å². The first-order valence-corrected chi connectivity index (χ1v) is 10.9. The van der Waals surface area contributed by atoms with E-state index < -0.39 is 42.0 Å². The lowest BCUT2D eigenvalue weighted by atomic mass is 9.89. The summed E-state index contributed by atoms with van der Waals surface area (Å²) >= 11 is 0. The Balaban J connectivity index is 1.27. The highest BCUT2D eigenvalue weighted by Crippen LogP contribution is 2.48. The van der Waals surface area contributed by atoms with E-state index in [2.05, 4.69) is 0 Å². The van der Waals surface area contributed by atoms with Gasteiger partial charge in [-0.05, 0) is 43.4 Å². The maximum Gasteiger partial charge on any atom is 0.285 e. The number of carbonyl (C=O) groups is 1. The molecule has 170 valence electrons. The summed E-state index contributed by atoms with van der Waals surface area (Å²) in [4.78, 5) is 16.6. The Labute approximate surface area is 183 Å². The molecule has 5 rings (SSSR count). The number of piperidine rings is 1. The van der Waals surface area contributed by atoms with Gasteiger partial charge in [0, 0.05) is 24.7 Å². The zero-order valence-electron chi connectivity index (χ0n) is 17.4. The van der Waals surface area contributed by atoms with Crippen LogP contribution >= 0.6 is 0 Å². The molecule has 2 atom stereocenters. The van der Waals surface area contributed by atoms with Crippen LogP contribution < -0.4 is 0 Å². The summed E-state index contributed by atoms with van der Waals surface area (Å²) in [5, 5.41) is 0. The summed E-state index contributed by atoms with van der Waals surface area (Å²) in [7, 11) is 0. The quantitative estimate of drug-likeness (QED) is 0.641. The van der Waals surface area contributed by atoms with Crippen LogP contribution in [-0.4, -0.2) is 47.2 Å². The third kappa shape index (κ3) is 3.69. The van der Waals surface area contributed by atoms with Crippen LogP contribution in [0.3, 0.4) is 0 Å². The Morgan fingerprint density at radius 2 is 1.66 bits per heavy atom. The van der Waals surface area contributed by atoms with Crippen molar-refractivity contribution in [2.75, 3.05) is 19.6 Å². The standard InChI is InChI=1S/C24H24F4N2O2/c25-18-12-16(13-19(26)14-18)20-6-7-21-30(20)22(31)23(32-21)8-10-29(11-9-23)15-24(27,28)17-4-2-1-3-5-17/h1-5,12-14,20-21H,6-11,15H2. The summed E-state index contributed by atoms with van der Waals surface area (Å²) in [5.41, 5.74) is -0.661. The van der Waals surface area contributed by atoms with Gasteiger partial charge in [-0.3, -0.25) is 9.69 Å². The molecule has 3 saturated heterocycles. The van der Waals surface area contributed by atoms with E-state index in [1.807, 2.05) is 0 Å². The predicted octanol–water partition coefficient (Wildman–Crippen LogP) is 4.61. The molecule has 3 aliphatic heterocycles. The molecule has 1 spiro atoms. The van der Waals surface area contributed by atoms with Gasteiger partial charge >= 0.3 is 0 Å². The zero-order chi connectivity index (χ0) is 22.5. The number of benzene rings is 2. The van der Waals surface area contributed by atoms with E-state index in [-0.39, 0.29) is 11.5 Å². The fraction of sp³-hybridized carbons (Fsp3) is 0.458. The maximum absolute atomic E-state index is 14.7. The monoisotopic (exact) mass is 448 g/mol. The van der Waals surface area contributed by atoms with Gasteiger partial charge in [-0.15, -0.1) is 0 Å². The number of fused-ring (bicyclic) bond motifs is 1. The van der Waals surface area contributed by atoms with Gasteiger partial charge in [-0.25, -0.2) is 8.78 Å². The second-order valence-electron chi connectivity index (χ2n) is 8.92. The third-order valence-corrected chi connectivity index (χ3v) is 6.87. The van der Waals surface area contributed by atoms with E-state index in [0.29, 0.717) is 44.3 Å². The van der Waals surface area contributed by atoms with Crippen LogP contribution in [-0.2, 0) is 15.5 Å². The molecule has 2 aromatic rings. The minimum atomic E-state index is -2.99. The van der Waals surface area contributed by atoms with Gasteiger partial charge in [-0.1, -0.05) is 30.3 Å². The summed E-state index contributed by atoms with van der Waals surface area (Å²) in [6, 6.07) is 10.6. The molecule has 8 heteroatoms. The molecule has 3 heterocycles. The normalized spacial score (nSPS) is 25.5. The van der Waals surface area contributed by atoms with Crippen molar-refractivity contribution in [3.05, 3.63) is 71.3 Å². The van der Waals surface area contributed by atoms with Crippen LogP contribution in [0, 0.1) is 11.6 Å². The second kappa shape index (κ2) is 7.85. The molecule has 3 fully saturated rings. The lowest BCUT2D eigenvalue weighted by Gasteiger charge is -2.38. The van der Waals surface area contributed by atoms with Crippen LogP contribution in [0.1, 0.15) is 42.9 Å². The van der Waals surface area contributed by atoms with E-state index in [4.69, 9.17) is 4.74 Å². The fourth-order valence-corrected chi connectivity index (χ4v) is 5.27. The summed E-state index contributed by atoms with van der Waals surface area (Å²) in [5.74, 6) is -4.56. The van der Waals surface area contributed by atoms with Crippen molar-refractivity contribution in [1.82, 2.24) is 9.80 Å². The van der Waals surface area contributed by atoms with Crippen LogP contribution in [0.25, 0.3) is 0 Å². The average molecular weight is 448 g/mol. The molecule has 2 aromatic carbocycles. The largest absolute Gasteiger partial charge is 0.342 e. The molecule has 32 heavy (non-hydrogen) atoms. The maximum atomic E-state index is 14.7. The number of hydrogen-bond donors (Lipinski definition) is 0. The summed E-state index contributed by atoms with van der Waals surface area (Å²) < 4.78 is 63.0. The molecule has 0 saturated carbocycles. The Bertz CT molecular complexity index is 988. The topological polar surface area (TPSA) is 32.8 Å². The lowest BCUT2D eigenvalue weighted by molar-refractivity contribution is -0.144. The van der Waals surface area contributed by atoms with Crippen LogP contribution in [0.5, 0.6) is 0 Å². The van der Waals surface area contributed by atoms with E-state index in [1.54, 1.807) is 28.0 Å². The van der Waals surface area contributed by atoms with Gasteiger partial charge in [0.1, 0.15) is 17.9 Å². The van der Waals surface area contributed by atoms with E-state index in [1.165, 1.54) is 24.3 Å². The number of hydrogen-bond acceptors (Lipinski definition) is 3. The average Bonchev–Trinajstić information content (AvgIpc) is 3.28. The molecule has 0 bridgehead atoms. The van der Waals surface area contributed by atoms with Crippen molar-refractivity contribution in [1.29, 1.82) is 0 Å². The van der Waals surface area contributed by atoms with Crippen molar-refractivity contribution in [2.24, 2.45) is 0 Å². The van der Waals surface area contributed by atoms with Crippen molar-refractivity contribution < 1.29 is 27.1 Å². The summed E-state index contributed by atoms with van der Waals surface area (Å²) in [6.45, 7) is 0.210. The highest BCUT2D eigenvalue weighted by molar-refractivity contribution is 5.88. The SMILES string of the molecule is O=C1N2C(CCC2c2cc(F)cc(F)c2)OC12CCN(CC(F)(F)c1ccccc1)CC2. The molecule has 0 aromatic heterocycles. The molecule has 0 aliphatic carbocycles. The fourth-order valence-electron chi connectivity index (χ4n) is 5.27. The van der Waals surface area contributed by atoms with Gasteiger partial charge < -0.3 is 9.64 Å². The van der Waals surface area contributed by atoms with E-state index in [9.17, 15) is 22.4 Å². The number of rotatable bonds is 4. The molecule has 0 N–H and O–H groups in total. The number of alkyl halides is 2. The predicted molar refractivity (Wildman–Crippen MR) is 109 cm³/mol. The van der Waals surface area contributed by atoms with Crippen molar-refractivity contribution in [3.8, 4) is 0 Å². The van der Waals surface area contributed by atoms with Gasteiger partial charge in [0.2, 0.25) is 0 Å². The van der Waals surface area contributed by atoms with Gasteiger partial charge in [0.15, 0.2) is 5.60 Å². The van der Waals surface area contributed by atoms with Gasteiger partial charge in [-0.2, -0.15) is 8.78 Å². The Kier molecular flexibility index (Phi) is 5.25. The number of amides is 1. The second-order valence-corrected chi connectivity index (χ2v) is 8.92. The number of halogens is 4.